The largest absolute Gasteiger partial charge is 0.504 e. The van der Waals surface area contributed by atoms with Crippen LogP contribution >= 0.6 is 0 Å². The summed E-state index contributed by atoms with van der Waals surface area (Å²) in [5, 5.41) is 15.5. The third-order valence-corrected chi connectivity index (χ3v) is 4.16. The first-order chi connectivity index (χ1) is 13.0. The first-order valence-corrected chi connectivity index (χ1v) is 8.44. The zero-order chi connectivity index (χ0) is 19.4. The third-order valence-electron chi connectivity index (χ3n) is 4.16. The normalized spacial score (nSPS) is 15.5. The average Bonchev–Trinajstić information content (AvgIpc) is 2.66. The molecule has 1 aromatic heterocycles. The van der Waals surface area contributed by atoms with Gasteiger partial charge in [0.1, 0.15) is 6.54 Å². The fourth-order valence-electron chi connectivity index (χ4n) is 2.91. The molecule has 27 heavy (non-hydrogen) atoms. The Bertz CT molecular complexity index is 854. The number of carbonyl (C=O) groups excluding carboxylic acids is 2. The zero-order valence-corrected chi connectivity index (χ0v) is 15.0. The van der Waals surface area contributed by atoms with Crippen LogP contribution in [-0.2, 0) is 14.3 Å². The Morgan fingerprint density at radius 1 is 1.37 bits per heavy atom. The van der Waals surface area contributed by atoms with Gasteiger partial charge in [-0.15, -0.1) is 0 Å². The SMILES string of the molecule is CCOC(=O)CNc1ncc([C@@H]2CC(=O)Nc3cc(O)c(OC)cc32)cn1. The van der Waals surface area contributed by atoms with Crippen molar-refractivity contribution in [3.05, 3.63) is 35.7 Å². The van der Waals surface area contributed by atoms with Gasteiger partial charge < -0.3 is 25.2 Å². The fourth-order valence-corrected chi connectivity index (χ4v) is 2.91. The topological polar surface area (TPSA) is 123 Å². The van der Waals surface area contributed by atoms with Gasteiger partial charge in [0.05, 0.1) is 13.7 Å². The molecule has 1 aromatic carbocycles. The predicted molar refractivity (Wildman–Crippen MR) is 96.9 cm³/mol. The number of anilines is 2. The fraction of sp³-hybridized carbons (Fsp3) is 0.333. The number of nitrogens with one attached hydrogen (secondary N) is 2. The maximum Gasteiger partial charge on any atom is 0.325 e. The number of aromatic hydroxyl groups is 1. The first kappa shape index (κ1) is 18.4. The second-order valence-corrected chi connectivity index (χ2v) is 5.91. The highest BCUT2D eigenvalue weighted by Gasteiger charge is 2.28. The Hall–Kier alpha value is -3.36. The summed E-state index contributed by atoms with van der Waals surface area (Å²) in [5.74, 6) is -0.273. The Morgan fingerprint density at radius 3 is 2.78 bits per heavy atom. The summed E-state index contributed by atoms with van der Waals surface area (Å²) < 4.78 is 10.00. The van der Waals surface area contributed by atoms with Crippen LogP contribution in [-0.4, -0.2) is 47.2 Å². The van der Waals surface area contributed by atoms with Crippen LogP contribution in [0.2, 0.25) is 0 Å². The number of amides is 1. The van der Waals surface area contributed by atoms with Gasteiger partial charge in [-0.1, -0.05) is 0 Å². The molecule has 0 aliphatic carbocycles. The molecular formula is C18H20N4O5. The molecule has 0 saturated carbocycles. The quantitative estimate of drug-likeness (QED) is 0.654. The van der Waals surface area contributed by atoms with Crippen LogP contribution in [0.4, 0.5) is 11.6 Å². The molecule has 1 aliphatic heterocycles. The van der Waals surface area contributed by atoms with Crippen molar-refractivity contribution in [2.24, 2.45) is 0 Å². The van der Waals surface area contributed by atoms with Crippen molar-refractivity contribution in [1.82, 2.24) is 9.97 Å². The number of esters is 1. The van der Waals surface area contributed by atoms with Crippen molar-refractivity contribution in [2.75, 3.05) is 30.9 Å². The van der Waals surface area contributed by atoms with E-state index in [4.69, 9.17) is 9.47 Å². The van der Waals surface area contributed by atoms with E-state index in [0.29, 0.717) is 18.0 Å². The van der Waals surface area contributed by atoms with Crippen LogP contribution in [0, 0.1) is 0 Å². The number of hydrogen-bond donors (Lipinski definition) is 3. The van der Waals surface area contributed by atoms with Crippen LogP contribution < -0.4 is 15.4 Å². The zero-order valence-electron chi connectivity index (χ0n) is 15.0. The summed E-state index contributed by atoms with van der Waals surface area (Å²) in [5.41, 5.74) is 2.07. The number of hydrogen-bond acceptors (Lipinski definition) is 8. The second-order valence-electron chi connectivity index (χ2n) is 5.91. The monoisotopic (exact) mass is 372 g/mol. The Balaban J connectivity index is 1.82. The Labute approximate surface area is 155 Å². The van der Waals surface area contributed by atoms with Crippen LogP contribution in [0.15, 0.2) is 24.5 Å². The standard InChI is InChI=1S/C18H20N4O5/c1-3-27-17(25)9-21-18-19-7-10(8-20-18)11-5-16(24)22-13-6-14(23)15(26-2)4-12(11)13/h4,6-8,11,23H,3,5,9H2,1-2H3,(H,22,24)(H,19,20,21)/t11-/m0/s1. The highest BCUT2D eigenvalue weighted by Crippen LogP contribution is 2.42. The molecule has 3 N–H and O–H groups in total. The number of fused-ring (bicyclic) bond motifs is 1. The van der Waals surface area contributed by atoms with Gasteiger partial charge in [0.25, 0.3) is 0 Å². The van der Waals surface area contributed by atoms with Gasteiger partial charge in [-0.25, -0.2) is 9.97 Å². The molecule has 0 saturated heterocycles. The minimum absolute atomic E-state index is 0.0294. The summed E-state index contributed by atoms with van der Waals surface area (Å²) >= 11 is 0. The van der Waals surface area contributed by atoms with Crippen LogP contribution in [0.25, 0.3) is 0 Å². The lowest BCUT2D eigenvalue weighted by Crippen LogP contribution is -2.24. The molecule has 9 nitrogen and oxygen atoms in total. The number of methoxy groups -OCH3 is 1. The number of rotatable bonds is 6. The molecular weight excluding hydrogens is 352 g/mol. The summed E-state index contributed by atoms with van der Waals surface area (Å²) in [6, 6.07) is 3.16. The molecule has 3 rings (SSSR count). The van der Waals surface area contributed by atoms with E-state index in [2.05, 4.69) is 20.6 Å². The average molecular weight is 372 g/mol. The van der Waals surface area contributed by atoms with Gasteiger partial charge in [-0.3, -0.25) is 9.59 Å². The van der Waals surface area contributed by atoms with Crippen LogP contribution in [0.1, 0.15) is 30.4 Å². The van der Waals surface area contributed by atoms with Crippen LogP contribution in [0.5, 0.6) is 11.5 Å². The summed E-state index contributed by atoms with van der Waals surface area (Å²) in [6.07, 6.45) is 3.43. The second kappa shape index (κ2) is 7.90. The van der Waals surface area contributed by atoms with Crippen molar-refractivity contribution in [2.45, 2.75) is 19.3 Å². The van der Waals surface area contributed by atoms with E-state index < -0.39 is 5.97 Å². The lowest BCUT2D eigenvalue weighted by atomic mass is 9.86. The highest BCUT2D eigenvalue weighted by molar-refractivity contribution is 5.95. The molecule has 9 heteroatoms. The predicted octanol–water partition coefficient (Wildman–Crippen LogP) is 1.64. The van der Waals surface area contributed by atoms with E-state index in [0.717, 1.165) is 11.1 Å². The molecule has 0 unspecified atom stereocenters. The lowest BCUT2D eigenvalue weighted by Gasteiger charge is -2.26. The van der Waals surface area contributed by atoms with Gasteiger partial charge in [0.2, 0.25) is 11.9 Å². The molecule has 1 aliphatic rings. The molecule has 2 heterocycles. The smallest absolute Gasteiger partial charge is 0.325 e. The van der Waals surface area contributed by atoms with E-state index in [1.54, 1.807) is 25.4 Å². The van der Waals surface area contributed by atoms with Crippen molar-refractivity contribution in [3.8, 4) is 11.5 Å². The Kier molecular flexibility index (Phi) is 5.39. The maximum absolute atomic E-state index is 12.1. The molecule has 0 radical (unpaired) electrons. The van der Waals surface area contributed by atoms with Gasteiger partial charge >= 0.3 is 5.97 Å². The van der Waals surface area contributed by atoms with Gasteiger partial charge in [0, 0.05) is 36.5 Å². The summed E-state index contributed by atoms with van der Waals surface area (Å²) in [4.78, 5) is 31.8. The molecule has 0 spiro atoms. The van der Waals surface area contributed by atoms with Crippen molar-refractivity contribution in [1.29, 1.82) is 0 Å². The molecule has 0 bridgehead atoms. The van der Waals surface area contributed by atoms with E-state index >= 15 is 0 Å². The molecule has 2 aromatic rings. The number of aromatic nitrogens is 2. The number of carbonyl (C=O) groups is 2. The number of nitrogens with zero attached hydrogens (tertiary/aromatic N) is 2. The van der Waals surface area contributed by atoms with Crippen LogP contribution in [0.3, 0.4) is 0 Å². The maximum atomic E-state index is 12.1. The third kappa shape index (κ3) is 4.08. The van der Waals surface area contributed by atoms with Gasteiger partial charge in [0.15, 0.2) is 11.5 Å². The number of benzene rings is 1. The molecule has 0 fully saturated rings. The molecule has 142 valence electrons. The lowest BCUT2D eigenvalue weighted by molar-refractivity contribution is -0.140. The number of phenols is 1. The van der Waals surface area contributed by atoms with Gasteiger partial charge in [-0.2, -0.15) is 0 Å². The van der Waals surface area contributed by atoms with E-state index in [9.17, 15) is 14.7 Å². The number of phenolic OH excluding ortho intramolecular Hbond substituents is 1. The molecule has 1 atom stereocenters. The van der Waals surface area contributed by atoms with E-state index in [1.165, 1.54) is 13.2 Å². The minimum atomic E-state index is -0.394. The van der Waals surface area contributed by atoms with Crippen molar-refractivity contribution >= 4 is 23.5 Å². The van der Waals surface area contributed by atoms with E-state index in [-0.39, 0.29) is 36.5 Å². The molecule has 1 amide bonds. The van der Waals surface area contributed by atoms with Gasteiger partial charge in [-0.05, 0) is 24.1 Å². The minimum Gasteiger partial charge on any atom is -0.504 e. The summed E-state index contributed by atoms with van der Waals surface area (Å²) in [6.45, 7) is 2.01. The van der Waals surface area contributed by atoms with Crippen molar-refractivity contribution in [3.63, 3.8) is 0 Å². The first-order valence-electron chi connectivity index (χ1n) is 8.44. The van der Waals surface area contributed by atoms with Crippen molar-refractivity contribution < 1.29 is 24.2 Å². The number of ether oxygens (including phenoxy) is 2. The Morgan fingerprint density at radius 2 is 2.11 bits per heavy atom. The highest BCUT2D eigenvalue weighted by atomic mass is 16.5. The van der Waals surface area contributed by atoms with E-state index in [1.807, 2.05) is 0 Å². The summed E-state index contributed by atoms with van der Waals surface area (Å²) in [7, 11) is 1.46.